The van der Waals surface area contributed by atoms with Crippen LogP contribution in [0.4, 0.5) is 0 Å². The highest BCUT2D eigenvalue weighted by Gasteiger charge is 2.45. The predicted octanol–water partition coefficient (Wildman–Crippen LogP) is 3.02. The van der Waals surface area contributed by atoms with Crippen molar-refractivity contribution in [2.24, 2.45) is 23.5 Å². The Morgan fingerprint density at radius 2 is 1.61 bits per heavy atom. The van der Waals surface area contributed by atoms with Crippen LogP contribution in [-0.2, 0) is 0 Å². The third kappa shape index (κ3) is 2.75. The largest absolute Gasteiger partial charge is 0.329 e. The van der Waals surface area contributed by atoms with Gasteiger partial charge in [-0.3, -0.25) is 4.90 Å². The number of nitrogens with two attached hydrogens (primary N) is 1. The molecule has 3 aliphatic carbocycles. The molecule has 0 bridgehead atoms. The van der Waals surface area contributed by atoms with Gasteiger partial charge in [0.15, 0.2) is 0 Å². The second-order valence-electron chi connectivity index (χ2n) is 7.24. The van der Waals surface area contributed by atoms with Crippen LogP contribution in [0, 0.1) is 17.8 Å². The van der Waals surface area contributed by atoms with Gasteiger partial charge in [-0.05, 0) is 62.7 Å². The van der Waals surface area contributed by atoms with Gasteiger partial charge in [-0.15, -0.1) is 0 Å². The highest BCUT2D eigenvalue weighted by molar-refractivity contribution is 5.01. The monoisotopic (exact) mass is 250 g/mol. The highest BCUT2D eigenvalue weighted by Crippen LogP contribution is 2.44. The Balaban J connectivity index is 1.68. The summed E-state index contributed by atoms with van der Waals surface area (Å²) >= 11 is 0. The van der Waals surface area contributed by atoms with E-state index in [4.69, 9.17) is 5.73 Å². The molecule has 3 fully saturated rings. The molecule has 104 valence electrons. The minimum absolute atomic E-state index is 0.381. The third-order valence-electron chi connectivity index (χ3n) is 5.67. The fourth-order valence-electron chi connectivity index (χ4n) is 3.85. The zero-order valence-electron chi connectivity index (χ0n) is 12.0. The zero-order valence-corrected chi connectivity index (χ0v) is 12.0. The minimum Gasteiger partial charge on any atom is -0.329 e. The van der Waals surface area contributed by atoms with E-state index in [0.717, 1.165) is 24.3 Å². The van der Waals surface area contributed by atoms with E-state index < -0.39 is 0 Å². The molecule has 0 aliphatic heterocycles. The quantitative estimate of drug-likeness (QED) is 0.752. The molecule has 2 atom stereocenters. The van der Waals surface area contributed by atoms with Crippen molar-refractivity contribution in [1.82, 2.24) is 4.90 Å². The van der Waals surface area contributed by atoms with Crippen LogP contribution in [-0.4, -0.2) is 30.1 Å². The summed E-state index contributed by atoms with van der Waals surface area (Å²) in [5.41, 5.74) is 6.62. The normalized spacial score (nSPS) is 36.5. The Labute approximate surface area is 112 Å². The Hall–Kier alpha value is -0.0800. The van der Waals surface area contributed by atoms with Crippen molar-refractivity contribution >= 4 is 0 Å². The van der Waals surface area contributed by atoms with Gasteiger partial charge in [-0.25, -0.2) is 0 Å². The molecule has 0 spiro atoms. The molecule has 0 aromatic heterocycles. The Morgan fingerprint density at radius 3 is 2.00 bits per heavy atom. The van der Waals surface area contributed by atoms with Gasteiger partial charge >= 0.3 is 0 Å². The van der Waals surface area contributed by atoms with E-state index in [1.54, 1.807) is 0 Å². The number of hydrogen-bond acceptors (Lipinski definition) is 2. The molecule has 3 rings (SSSR count). The predicted molar refractivity (Wildman–Crippen MR) is 76.4 cm³/mol. The lowest BCUT2D eigenvalue weighted by Crippen LogP contribution is -2.53. The molecule has 2 nitrogen and oxygen atoms in total. The van der Waals surface area contributed by atoms with Gasteiger partial charge in [0.25, 0.3) is 0 Å². The standard InChI is InChI=1S/C16H30N2/c1-2-13-7-8-16(9-13,12-17)18(10-14-3-4-14)11-15-5-6-15/h13-15H,2-12,17H2,1H3. The summed E-state index contributed by atoms with van der Waals surface area (Å²) in [5.74, 6) is 2.95. The average molecular weight is 250 g/mol. The first-order valence-corrected chi connectivity index (χ1v) is 8.21. The Morgan fingerprint density at radius 1 is 1.00 bits per heavy atom. The van der Waals surface area contributed by atoms with Gasteiger partial charge in [0.05, 0.1) is 0 Å². The lowest BCUT2D eigenvalue weighted by Gasteiger charge is -2.41. The van der Waals surface area contributed by atoms with Crippen molar-refractivity contribution in [1.29, 1.82) is 0 Å². The molecule has 2 N–H and O–H groups in total. The van der Waals surface area contributed by atoms with E-state index in [-0.39, 0.29) is 0 Å². The van der Waals surface area contributed by atoms with Gasteiger partial charge < -0.3 is 5.73 Å². The summed E-state index contributed by atoms with van der Waals surface area (Å²) in [6.07, 6.45) is 11.4. The summed E-state index contributed by atoms with van der Waals surface area (Å²) in [6, 6.07) is 0. The lowest BCUT2D eigenvalue weighted by atomic mass is 9.92. The van der Waals surface area contributed by atoms with Gasteiger partial charge in [-0.1, -0.05) is 13.3 Å². The van der Waals surface area contributed by atoms with Crippen LogP contribution in [0.2, 0.25) is 0 Å². The van der Waals surface area contributed by atoms with E-state index >= 15 is 0 Å². The fraction of sp³-hybridized carbons (Fsp3) is 1.00. The van der Waals surface area contributed by atoms with Crippen molar-refractivity contribution in [3.63, 3.8) is 0 Å². The van der Waals surface area contributed by atoms with E-state index in [0.29, 0.717) is 5.54 Å². The molecule has 0 aromatic rings. The smallest absolute Gasteiger partial charge is 0.0334 e. The second-order valence-corrected chi connectivity index (χ2v) is 7.24. The molecular formula is C16H30N2. The molecular weight excluding hydrogens is 220 g/mol. The van der Waals surface area contributed by atoms with Crippen LogP contribution in [0.15, 0.2) is 0 Å². The van der Waals surface area contributed by atoms with E-state index in [2.05, 4.69) is 11.8 Å². The maximum Gasteiger partial charge on any atom is 0.0334 e. The zero-order chi connectivity index (χ0) is 12.6. The van der Waals surface area contributed by atoms with Gasteiger partial charge in [0.2, 0.25) is 0 Å². The summed E-state index contributed by atoms with van der Waals surface area (Å²) < 4.78 is 0. The van der Waals surface area contributed by atoms with Crippen molar-refractivity contribution < 1.29 is 0 Å². The molecule has 3 aliphatic rings. The van der Waals surface area contributed by atoms with Crippen molar-refractivity contribution in [3.05, 3.63) is 0 Å². The van der Waals surface area contributed by atoms with Crippen molar-refractivity contribution in [3.8, 4) is 0 Å². The van der Waals surface area contributed by atoms with Crippen LogP contribution in [0.1, 0.15) is 58.3 Å². The van der Waals surface area contributed by atoms with E-state index in [1.807, 2.05) is 0 Å². The third-order valence-corrected chi connectivity index (χ3v) is 5.67. The van der Waals surface area contributed by atoms with E-state index in [1.165, 1.54) is 64.5 Å². The van der Waals surface area contributed by atoms with Gasteiger partial charge in [0, 0.05) is 25.2 Å². The number of nitrogens with zero attached hydrogens (tertiary/aromatic N) is 1. The van der Waals surface area contributed by atoms with Crippen LogP contribution >= 0.6 is 0 Å². The molecule has 0 aromatic carbocycles. The molecule has 2 heteroatoms. The topological polar surface area (TPSA) is 29.3 Å². The first-order valence-electron chi connectivity index (χ1n) is 8.21. The van der Waals surface area contributed by atoms with Gasteiger partial charge in [0.1, 0.15) is 0 Å². The van der Waals surface area contributed by atoms with Crippen molar-refractivity contribution in [2.45, 2.75) is 63.8 Å². The Bertz CT molecular complexity index is 269. The molecule has 3 saturated carbocycles. The maximum absolute atomic E-state index is 6.24. The summed E-state index contributed by atoms with van der Waals surface area (Å²) in [7, 11) is 0. The molecule has 0 radical (unpaired) electrons. The average Bonchev–Trinajstić information content (AvgIpc) is 3.31. The first kappa shape index (κ1) is 12.9. The van der Waals surface area contributed by atoms with Crippen LogP contribution in [0.3, 0.4) is 0 Å². The number of rotatable bonds is 7. The molecule has 2 unspecified atom stereocenters. The summed E-state index contributed by atoms with van der Waals surface area (Å²) in [5, 5.41) is 0. The lowest BCUT2D eigenvalue weighted by molar-refractivity contribution is 0.0835. The number of hydrogen-bond donors (Lipinski definition) is 1. The second kappa shape index (κ2) is 5.13. The Kier molecular flexibility index (Phi) is 3.68. The SMILES string of the molecule is CCC1CCC(CN)(N(CC2CC2)CC2CC2)C1. The maximum atomic E-state index is 6.24. The molecule has 18 heavy (non-hydrogen) atoms. The van der Waals surface area contributed by atoms with Crippen LogP contribution in [0.25, 0.3) is 0 Å². The van der Waals surface area contributed by atoms with Crippen molar-refractivity contribution in [2.75, 3.05) is 19.6 Å². The van der Waals surface area contributed by atoms with Crippen LogP contribution < -0.4 is 5.73 Å². The highest BCUT2D eigenvalue weighted by atomic mass is 15.2. The van der Waals surface area contributed by atoms with E-state index in [9.17, 15) is 0 Å². The van der Waals surface area contributed by atoms with Gasteiger partial charge in [-0.2, -0.15) is 0 Å². The summed E-state index contributed by atoms with van der Waals surface area (Å²) in [6.45, 7) is 5.95. The fourth-order valence-corrected chi connectivity index (χ4v) is 3.85. The molecule has 0 amide bonds. The summed E-state index contributed by atoms with van der Waals surface area (Å²) in [4.78, 5) is 2.85. The van der Waals surface area contributed by atoms with Crippen LogP contribution in [0.5, 0.6) is 0 Å². The first-order chi connectivity index (χ1) is 8.75. The molecule has 0 saturated heterocycles. The minimum atomic E-state index is 0.381. The molecule has 0 heterocycles.